The van der Waals surface area contributed by atoms with Crippen LogP contribution in [0.15, 0.2) is 12.1 Å². The summed E-state index contributed by atoms with van der Waals surface area (Å²) in [6.45, 7) is 5.86. The van der Waals surface area contributed by atoms with Crippen molar-refractivity contribution in [3.05, 3.63) is 22.7 Å². The van der Waals surface area contributed by atoms with Crippen LogP contribution in [-0.2, 0) is 0 Å². The molecule has 0 spiro atoms. The molecule has 0 amide bonds. The summed E-state index contributed by atoms with van der Waals surface area (Å²) in [7, 11) is 0. The normalized spacial score (nSPS) is 20.4. The summed E-state index contributed by atoms with van der Waals surface area (Å²) in [4.78, 5) is 0. The molecule has 2 nitrogen and oxygen atoms in total. The molecule has 1 atom stereocenters. The lowest BCUT2D eigenvalue weighted by molar-refractivity contribution is 0.275. The van der Waals surface area contributed by atoms with Crippen LogP contribution < -0.4 is 10.1 Å². The van der Waals surface area contributed by atoms with Crippen molar-refractivity contribution in [2.75, 3.05) is 18.5 Å². The Labute approximate surface area is 89.2 Å². The van der Waals surface area contributed by atoms with E-state index in [4.69, 9.17) is 16.3 Å². The zero-order valence-electron chi connectivity index (χ0n) is 8.43. The van der Waals surface area contributed by atoms with Crippen molar-refractivity contribution in [1.29, 1.82) is 0 Å². The molecule has 1 aromatic rings. The number of nitrogens with one attached hydrogen (secondary N) is 1. The average molecular weight is 212 g/mol. The fraction of sp³-hybridized carbons (Fsp3) is 0.455. The summed E-state index contributed by atoms with van der Waals surface area (Å²) in [5.41, 5.74) is 2.13. The molecule has 2 rings (SSSR count). The van der Waals surface area contributed by atoms with Gasteiger partial charge in [-0.05, 0) is 18.6 Å². The van der Waals surface area contributed by atoms with E-state index >= 15 is 0 Å². The van der Waals surface area contributed by atoms with Crippen LogP contribution in [-0.4, -0.2) is 13.2 Å². The van der Waals surface area contributed by atoms with Gasteiger partial charge in [-0.2, -0.15) is 0 Å². The molecule has 0 aliphatic carbocycles. The highest BCUT2D eigenvalue weighted by Gasteiger charge is 2.14. The van der Waals surface area contributed by atoms with E-state index in [2.05, 4.69) is 12.2 Å². The Bertz CT molecular complexity index is 318. The molecular weight excluding hydrogens is 198 g/mol. The molecular formula is C11H14ClNO. The molecule has 14 heavy (non-hydrogen) atoms. The molecule has 0 saturated carbocycles. The first-order chi connectivity index (χ1) is 6.66. The molecule has 1 aromatic carbocycles. The Hall–Kier alpha value is -0.890. The minimum absolute atomic E-state index is 0.529. The lowest BCUT2D eigenvalue weighted by atomic mass is 10.2. The zero-order chi connectivity index (χ0) is 10.1. The molecule has 3 heteroatoms. The van der Waals surface area contributed by atoms with Gasteiger partial charge in [-0.3, -0.25) is 0 Å². The third kappa shape index (κ3) is 1.80. The number of benzene rings is 1. The molecule has 0 bridgehead atoms. The number of hydrogen-bond donors (Lipinski definition) is 1. The monoisotopic (exact) mass is 211 g/mol. The minimum Gasteiger partial charge on any atom is -0.491 e. The predicted molar refractivity (Wildman–Crippen MR) is 59.3 cm³/mol. The molecule has 76 valence electrons. The summed E-state index contributed by atoms with van der Waals surface area (Å²) >= 11 is 6.03. The first-order valence-corrected chi connectivity index (χ1v) is 5.21. The highest BCUT2D eigenvalue weighted by Crippen LogP contribution is 2.32. The Balaban J connectivity index is 2.36. The van der Waals surface area contributed by atoms with Gasteiger partial charge in [0, 0.05) is 23.6 Å². The third-order valence-electron chi connectivity index (χ3n) is 2.43. The molecule has 1 aliphatic rings. The number of aryl methyl sites for hydroxylation is 1. The Morgan fingerprint density at radius 3 is 3.07 bits per heavy atom. The first kappa shape index (κ1) is 9.66. The van der Waals surface area contributed by atoms with Gasteiger partial charge in [0.05, 0.1) is 12.3 Å². The fourth-order valence-electron chi connectivity index (χ4n) is 1.50. The van der Waals surface area contributed by atoms with Crippen molar-refractivity contribution in [3.8, 4) is 5.75 Å². The van der Waals surface area contributed by atoms with E-state index in [9.17, 15) is 0 Å². The molecule has 0 saturated heterocycles. The Morgan fingerprint density at radius 2 is 2.29 bits per heavy atom. The number of rotatable bonds is 0. The van der Waals surface area contributed by atoms with Crippen LogP contribution in [0.2, 0.25) is 5.02 Å². The summed E-state index contributed by atoms with van der Waals surface area (Å²) in [5.74, 6) is 1.39. The van der Waals surface area contributed by atoms with Crippen molar-refractivity contribution in [2.24, 2.45) is 5.92 Å². The number of fused-ring (bicyclic) bond motifs is 1. The molecule has 1 N–H and O–H groups in total. The largest absolute Gasteiger partial charge is 0.491 e. The van der Waals surface area contributed by atoms with Gasteiger partial charge in [0.15, 0.2) is 0 Å². The summed E-state index contributed by atoms with van der Waals surface area (Å²) < 4.78 is 5.65. The second kappa shape index (κ2) is 3.70. The summed E-state index contributed by atoms with van der Waals surface area (Å²) in [5, 5.41) is 4.12. The van der Waals surface area contributed by atoms with E-state index in [-0.39, 0.29) is 0 Å². The van der Waals surface area contributed by atoms with Gasteiger partial charge in [-0.1, -0.05) is 18.5 Å². The van der Waals surface area contributed by atoms with Gasteiger partial charge in [-0.15, -0.1) is 0 Å². The molecule has 0 radical (unpaired) electrons. The highest BCUT2D eigenvalue weighted by atomic mass is 35.5. The maximum atomic E-state index is 6.03. The van der Waals surface area contributed by atoms with Gasteiger partial charge in [-0.25, -0.2) is 0 Å². The van der Waals surface area contributed by atoms with Gasteiger partial charge in [0.25, 0.3) is 0 Å². The molecule has 1 heterocycles. The molecule has 0 aromatic heterocycles. The van der Waals surface area contributed by atoms with Crippen LogP contribution in [0.3, 0.4) is 0 Å². The number of anilines is 1. The van der Waals surface area contributed by atoms with E-state index in [0.29, 0.717) is 5.92 Å². The fourth-order valence-corrected chi connectivity index (χ4v) is 1.65. The minimum atomic E-state index is 0.529. The number of ether oxygens (including phenoxy) is 1. The highest BCUT2D eigenvalue weighted by molar-refractivity contribution is 6.31. The maximum absolute atomic E-state index is 6.03. The quantitative estimate of drug-likeness (QED) is 0.712. The second-order valence-corrected chi connectivity index (χ2v) is 4.30. The van der Waals surface area contributed by atoms with Gasteiger partial charge < -0.3 is 10.1 Å². The number of halogens is 1. The van der Waals surface area contributed by atoms with Crippen LogP contribution in [0.1, 0.15) is 12.5 Å². The molecule has 1 unspecified atom stereocenters. The van der Waals surface area contributed by atoms with E-state index in [1.54, 1.807) is 0 Å². The predicted octanol–water partition coefficient (Wildman–Crippen LogP) is 3.09. The maximum Gasteiger partial charge on any atom is 0.143 e. The standard InChI is InChI=1S/C11H14ClNO/c1-7-5-13-10-3-8(2)9(12)4-11(10)14-6-7/h3-4,7,13H,5-6H2,1-2H3. The van der Waals surface area contributed by atoms with Crippen molar-refractivity contribution >= 4 is 17.3 Å². The Morgan fingerprint density at radius 1 is 1.50 bits per heavy atom. The van der Waals surface area contributed by atoms with Gasteiger partial charge >= 0.3 is 0 Å². The third-order valence-corrected chi connectivity index (χ3v) is 2.83. The van der Waals surface area contributed by atoms with Crippen LogP contribution >= 0.6 is 11.6 Å². The summed E-state index contributed by atoms with van der Waals surface area (Å²) in [6.07, 6.45) is 0. The van der Waals surface area contributed by atoms with Gasteiger partial charge in [0.2, 0.25) is 0 Å². The van der Waals surface area contributed by atoms with Crippen molar-refractivity contribution < 1.29 is 4.74 Å². The van der Waals surface area contributed by atoms with Crippen LogP contribution in [0.4, 0.5) is 5.69 Å². The lowest BCUT2D eigenvalue weighted by Crippen LogP contribution is -2.13. The SMILES string of the molecule is Cc1cc2c(cc1Cl)OCC(C)CN2. The molecule has 1 aliphatic heterocycles. The summed E-state index contributed by atoms with van der Waals surface area (Å²) in [6, 6.07) is 3.92. The van der Waals surface area contributed by atoms with Gasteiger partial charge in [0.1, 0.15) is 5.75 Å². The van der Waals surface area contributed by atoms with E-state index < -0.39 is 0 Å². The topological polar surface area (TPSA) is 21.3 Å². The zero-order valence-corrected chi connectivity index (χ0v) is 9.19. The first-order valence-electron chi connectivity index (χ1n) is 4.83. The van der Waals surface area contributed by atoms with Crippen molar-refractivity contribution in [1.82, 2.24) is 0 Å². The number of hydrogen-bond acceptors (Lipinski definition) is 2. The second-order valence-electron chi connectivity index (χ2n) is 3.89. The van der Waals surface area contributed by atoms with E-state index in [1.807, 2.05) is 19.1 Å². The van der Waals surface area contributed by atoms with E-state index in [1.165, 1.54) is 0 Å². The van der Waals surface area contributed by atoms with Crippen LogP contribution in [0, 0.1) is 12.8 Å². The Kier molecular flexibility index (Phi) is 2.55. The van der Waals surface area contributed by atoms with Crippen LogP contribution in [0.25, 0.3) is 0 Å². The lowest BCUT2D eigenvalue weighted by Gasteiger charge is -2.09. The van der Waals surface area contributed by atoms with Crippen molar-refractivity contribution in [3.63, 3.8) is 0 Å². The average Bonchev–Trinajstić information content (AvgIpc) is 2.31. The smallest absolute Gasteiger partial charge is 0.143 e. The molecule has 0 fully saturated rings. The van der Waals surface area contributed by atoms with Crippen molar-refractivity contribution in [2.45, 2.75) is 13.8 Å². The van der Waals surface area contributed by atoms with Crippen LogP contribution in [0.5, 0.6) is 5.75 Å². The van der Waals surface area contributed by atoms with E-state index in [0.717, 1.165) is 35.2 Å².